The molecule has 3 N–H and O–H groups in total. The Hall–Kier alpha value is -3.69. The highest BCUT2D eigenvalue weighted by atomic mass is 16.2. The zero-order chi connectivity index (χ0) is 24.3. The number of amides is 3. The van der Waals surface area contributed by atoms with E-state index in [0.29, 0.717) is 12.8 Å². The molecule has 0 spiro atoms. The number of unbranched alkanes of at least 4 members (excludes halogenated alkanes) is 2. The maximum absolute atomic E-state index is 13.6. The van der Waals surface area contributed by atoms with E-state index in [0.717, 1.165) is 17.7 Å². The second kappa shape index (κ2) is 9.85. The quantitative estimate of drug-likeness (QED) is 0.552. The van der Waals surface area contributed by atoms with Crippen LogP contribution < -0.4 is 21.9 Å². The van der Waals surface area contributed by atoms with Crippen molar-refractivity contribution in [1.29, 1.82) is 0 Å². The number of aromatic amines is 1. The van der Waals surface area contributed by atoms with Crippen molar-refractivity contribution < 1.29 is 14.4 Å². The number of nitrogen functional groups attached to an aromatic ring is 1. The van der Waals surface area contributed by atoms with Crippen molar-refractivity contribution in [3.8, 4) is 0 Å². The number of nitrogens with two attached hydrogens (primary N) is 1. The van der Waals surface area contributed by atoms with Gasteiger partial charge in [0.2, 0.25) is 5.91 Å². The molecule has 1 aromatic heterocycles. The lowest BCUT2D eigenvalue weighted by Gasteiger charge is -2.30. The van der Waals surface area contributed by atoms with E-state index in [1.54, 1.807) is 12.1 Å². The van der Waals surface area contributed by atoms with E-state index in [1.165, 1.54) is 28.5 Å². The largest absolute Gasteiger partial charge is 0.383 e. The highest BCUT2D eigenvalue weighted by molar-refractivity contribution is 6.23. The normalized spacial score (nSPS) is 13.8. The van der Waals surface area contributed by atoms with Crippen LogP contribution in [0.2, 0.25) is 0 Å². The molecule has 3 amide bonds. The number of rotatable bonds is 9. The van der Waals surface area contributed by atoms with Crippen molar-refractivity contribution >= 4 is 29.2 Å². The molecule has 0 saturated heterocycles. The predicted octanol–water partition coefficient (Wildman–Crippen LogP) is 1.74. The highest BCUT2D eigenvalue weighted by Gasteiger charge is 2.42. The van der Waals surface area contributed by atoms with Gasteiger partial charge in [0.05, 0.1) is 11.1 Å². The molecular formula is C23H29N5O5. The molecule has 10 heteroatoms. The van der Waals surface area contributed by atoms with Crippen molar-refractivity contribution in [3.63, 3.8) is 0 Å². The summed E-state index contributed by atoms with van der Waals surface area (Å²) in [5.74, 6) is -1.88. The van der Waals surface area contributed by atoms with E-state index in [-0.39, 0.29) is 35.7 Å². The lowest BCUT2D eigenvalue weighted by Crippen LogP contribution is -2.51. The molecule has 1 atom stereocenters. The van der Waals surface area contributed by atoms with Crippen LogP contribution in [0.3, 0.4) is 0 Å². The van der Waals surface area contributed by atoms with E-state index in [1.807, 2.05) is 13.8 Å². The van der Waals surface area contributed by atoms with Gasteiger partial charge in [0.25, 0.3) is 17.4 Å². The van der Waals surface area contributed by atoms with Crippen molar-refractivity contribution in [2.45, 2.75) is 59.0 Å². The number of hydrogen-bond acceptors (Lipinski definition) is 6. The summed E-state index contributed by atoms with van der Waals surface area (Å²) in [4.78, 5) is 68.7. The summed E-state index contributed by atoms with van der Waals surface area (Å²) in [5, 5.41) is 0. The van der Waals surface area contributed by atoms with Gasteiger partial charge in [-0.05, 0) is 31.9 Å². The summed E-state index contributed by atoms with van der Waals surface area (Å²) in [6, 6.07) is 5.19. The van der Waals surface area contributed by atoms with Crippen LogP contribution in [0.25, 0.3) is 0 Å². The molecule has 2 heterocycles. The van der Waals surface area contributed by atoms with Crippen LogP contribution in [0.1, 0.15) is 67.2 Å². The Labute approximate surface area is 191 Å². The Morgan fingerprint density at radius 2 is 1.61 bits per heavy atom. The Balaban J connectivity index is 2.03. The zero-order valence-electron chi connectivity index (χ0n) is 19.1. The minimum absolute atomic E-state index is 0.115. The highest BCUT2D eigenvalue weighted by Crippen LogP contribution is 2.27. The minimum atomic E-state index is -1.18. The van der Waals surface area contributed by atoms with Crippen LogP contribution in [-0.4, -0.2) is 44.8 Å². The number of nitrogens with zero attached hydrogens (tertiary/aromatic N) is 3. The molecule has 1 aromatic carbocycles. The first-order valence-corrected chi connectivity index (χ1v) is 11.1. The lowest BCUT2D eigenvalue weighted by molar-refractivity contribution is -0.122. The number of nitrogens with one attached hydrogen (secondary N) is 1. The van der Waals surface area contributed by atoms with Crippen molar-refractivity contribution in [3.05, 3.63) is 56.2 Å². The van der Waals surface area contributed by atoms with Gasteiger partial charge in [-0.2, -0.15) is 0 Å². The SMILES string of the molecule is CCCCN(C(=O)[C@@H](C)N1C(=O)c2ccccc2C1=O)c1c(N)n(CCCC)c(=O)[nH]c1=O. The lowest BCUT2D eigenvalue weighted by atomic mass is 10.1. The Bertz CT molecular complexity index is 1160. The first-order valence-electron chi connectivity index (χ1n) is 11.1. The summed E-state index contributed by atoms with van der Waals surface area (Å²) in [7, 11) is 0. The molecule has 0 bridgehead atoms. The summed E-state index contributed by atoms with van der Waals surface area (Å²) in [6.07, 6.45) is 2.73. The Morgan fingerprint density at radius 1 is 1.03 bits per heavy atom. The number of aromatic nitrogens is 2. The standard InChI is InChI=1S/C23H29N5O5/c1-4-6-12-26(17-18(24)27(13-7-5-2)23(33)25-19(17)29)20(30)14(3)28-21(31)15-10-8-9-11-16(15)22(28)32/h8-11,14H,4-7,12-13,24H2,1-3H3,(H,25,29,33)/t14-/m1/s1. The van der Waals surface area contributed by atoms with Gasteiger partial charge in [-0.3, -0.25) is 33.6 Å². The van der Waals surface area contributed by atoms with Crippen LogP contribution in [0.4, 0.5) is 11.5 Å². The summed E-state index contributed by atoms with van der Waals surface area (Å²) < 4.78 is 1.24. The molecule has 0 unspecified atom stereocenters. The zero-order valence-corrected chi connectivity index (χ0v) is 19.1. The fraction of sp³-hybridized carbons (Fsp3) is 0.435. The van der Waals surface area contributed by atoms with Crippen molar-refractivity contribution in [1.82, 2.24) is 14.5 Å². The maximum Gasteiger partial charge on any atom is 0.330 e. The van der Waals surface area contributed by atoms with Gasteiger partial charge in [-0.15, -0.1) is 0 Å². The number of carbonyl (C=O) groups is 3. The number of fused-ring (bicyclic) bond motifs is 1. The molecule has 1 aliphatic heterocycles. The van der Waals surface area contributed by atoms with Gasteiger partial charge in [0, 0.05) is 13.1 Å². The van der Waals surface area contributed by atoms with Gasteiger partial charge < -0.3 is 10.6 Å². The molecule has 33 heavy (non-hydrogen) atoms. The molecule has 0 saturated carbocycles. The predicted molar refractivity (Wildman–Crippen MR) is 124 cm³/mol. The van der Waals surface area contributed by atoms with Crippen molar-refractivity contribution in [2.75, 3.05) is 17.2 Å². The van der Waals surface area contributed by atoms with Gasteiger partial charge >= 0.3 is 5.69 Å². The monoisotopic (exact) mass is 455 g/mol. The Kier molecular flexibility index (Phi) is 7.15. The van der Waals surface area contributed by atoms with Crippen LogP contribution in [0.15, 0.2) is 33.9 Å². The van der Waals surface area contributed by atoms with Gasteiger partial charge in [-0.25, -0.2) is 4.79 Å². The third-order valence-corrected chi connectivity index (χ3v) is 5.79. The second-order valence-corrected chi connectivity index (χ2v) is 8.04. The van der Waals surface area contributed by atoms with E-state index >= 15 is 0 Å². The number of imide groups is 1. The van der Waals surface area contributed by atoms with Gasteiger partial charge in [-0.1, -0.05) is 38.8 Å². The molecular weight excluding hydrogens is 426 g/mol. The van der Waals surface area contributed by atoms with Gasteiger partial charge in [0.1, 0.15) is 11.9 Å². The van der Waals surface area contributed by atoms with Crippen LogP contribution in [0.5, 0.6) is 0 Å². The molecule has 176 valence electrons. The van der Waals surface area contributed by atoms with Crippen LogP contribution in [-0.2, 0) is 11.3 Å². The second-order valence-electron chi connectivity index (χ2n) is 8.04. The molecule has 1 aliphatic rings. The third-order valence-electron chi connectivity index (χ3n) is 5.79. The van der Waals surface area contributed by atoms with E-state index in [9.17, 15) is 24.0 Å². The van der Waals surface area contributed by atoms with E-state index < -0.39 is 35.0 Å². The summed E-state index contributed by atoms with van der Waals surface area (Å²) in [6.45, 7) is 5.75. The topological polar surface area (TPSA) is 139 Å². The molecule has 3 rings (SSSR count). The molecule has 0 radical (unpaired) electrons. The number of benzene rings is 1. The number of H-pyrrole nitrogens is 1. The molecule has 10 nitrogen and oxygen atoms in total. The first kappa shape index (κ1) is 24.0. The van der Waals surface area contributed by atoms with Crippen LogP contribution >= 0.6 is 0 Å². The summed E-state index contributed by atoms with van der Waals surface area (Å²) in [5.41, 5.74) is 5.09. The van der Waals surface area contributed by atoms with Gasteiger partial charge in [0.15, 0.2) is 5.69 Å². The third kappa shape index (κ3) is 4.33. The van der Waals surface area contributed by atoms with E-state index in [2.05, 4.69) is 4.98 Å². The molecule has 2 aromatic rings. The molecule has 0 aliphatic carbocycles. The first-order chi connectivity index (χ1) is 15.7. The summed E-state index contributed by atoms with van der Waals surface area (Å²) >= 11 is 0. The van der Waals surface area contributed by atoms with Crippen LogP contribution in [0, 0.1) is 0 Å². The average Bonchev–Trinajstić information content (AvgIpc) is 3.05. The maximum atomic E-state index is 13.6. The fourth-order valence-corrected chi connectivity index (χ4v) is 3.92. The number of anilines is 2. The Morgan fingerprint density at radius 3 is 2.15 bits per heavy atom. The van der Waals surface area contributed by atoms with Crippen molar-refractivity contribution in [2.24, 2.45) is 0 Å². The molecule has 0 fully saturated rings. The van der Waals surface area contributed by atoms with E-state index in [4.69, 9.17) is 5.73 Å². The number of hydrogen-bond donors (Lipinski definition) is 2. The smallest absolute Gasteiger partial charge is 0.330 e. The number of carbonyl (C=O) groups excluding carboxylic acids is 3. The average molecular weight is 456 g/mol. The minimum Gasteiger partial charge on any atom is -0.383 e. The fourth-order valence-electron chi connectivity index (χ4n) is 3.92.